The minimum Gasteiger partial charge on any atom is -0.366 e. The Morgan fingerprint density at radius 1 is 1.00 bits per heavy atom. The van der Waals surface area contributed by atoms with Gasteiger partial charge in [-0.05, 0) is 24.3 Å². The van der Waals surface area contributed by atoms with Crippen LogP contribution in [-0.2, 0) is 0 Å². The van der Waals surface area contributed by atoms with Gasteiger partial charge < -0.3 is 11.5 Å². The van der Waals surface area contributed by atoms with Crippen LogP contribution in [-0.4, -0.2) is 16.8 Å². The van der Waals surface area contributed by atoms with Gasteiger partial charge in [0.2, 0.25) is 11.8 Å². The van der Waals surface area contributed by atoms with Crippen LogP contribution in [0.2, 0.25) is 0 Å². The molecule has 0 fully saturated rings. The number of rotatable bonds is 2. The van der Waals surface area contributed by atoms with Crippen molar-refractivity contribution in [1.82, 2.24) is 4.98 Å². The summed E-state index contributed by atoms with van der Waals surface area (Å²) in [5, 5.41) is 0.660. The highest BCUT2D eigenvalue weighted by Gasteiger charge is 2.05. The first-order valence-electron chi connectivity index (χ1n) is 4.57. The molecule has 0 saturated carbocycles. The molecule has 0 bridgehead atoms. The number of benzene rings is 1. The molecule has 0 saturated heterocycles. The molecule has 5 nitrogen and oxygen atoms in total. The van der Waals surface area contributed by atoms with Gasteiger partial charge in [-0.1, -0.05) is 0 Å². The lowest BCUT2D eigenvalue weighted by molar-refractivity contribution is 0.0992. The molecule has 1 heterocycles. The molecule has 0 aliphatic rings. The van der Waals surface area contributed by atoms with Gasteiger partial charge in [-0.3, -0.25) is 14.6 Å². The summed E-state index contributed by atoms with van der Waals surface area (Å²) in [4.78, 5) is 26.0. The zero-order chi connectivity index (χ0) is 11.7. The van der Waals surface area contributed by atoms with E-state index in [1.165, 1.54) is 6.20 Å². The predicted octanol–water partition coefficient (Wildman–Crippen LogP) is 0.433. The van der Waals surface area contributed by atoms with Crippen molar-refractivity contribution in [3.63, 3.8) is 0 Å². The van der Waals surface area contributed by atoms with E-state index in [-0.39, 0.29) is 0 Å². The van der Waals surface area contributed by atoms with Crippen LogP contribution in [0.3, 0.4) is 0 Å². The van der Waals surface area contributed by atoms with Crippen molar-refractivity contribution >= 4 is 22.7 Å². The van der Waals surface area contributed by atoms with Gasteiger partial charge in [-0.2, -0.15) is 0 Å². The second-order valence-electron chi connectivity index (χ2n) is 3.36. The summed E-state index contributed by atoms with van der Waals surface area (Å²) >= 11 is 0. The molecule has 80 valence electrons. The maximum atomic E-state index is 11.0. The molecule has 0 radical (unpaired) electrons. The minimum atomic E-state index is -0.557. The van der Waals surface area contributed by atoms with Gasteiger partial charge in [0.25, 0.3) is 0 Å². The van der Waals surface area contributed by atoms with Crippen LogP contribution in [0, 0.1) is 0 Å². The Morgan fingerprint density at radius 3 is 2.25 bits per heavy atom. The van der Waals surface area contributed by atoms with Crippen molar-refractivity contribution in [1.29, 1.82) is 0 Å². The molecule has 2 rings (SSSR count). The summed E-state index contributed by atoms with van der Waals surface area (Å²) in [7, 11) is 0. The van der Waals surface area contributed by atoms with Crippen molar-refractivity contribution in [3.8, 4) is 0 Å². The van der Waals surface area contributed by atoms with Crippen LogP contribution in [0.4, 0.5) is 0 Å². The highest BCUT2D eigenvalue weighted by Crippen LogP contribution is 2.15. The SMILES string of the molecule is NC(=O)c1ccc2ncc(C(N)=O)cc2c1. The number of nitrogens with two attached hydrogens (primary N) is 2. The number of amides is 2. The molecular weight excluding hydrogens is 206 g/mol. The average molecular weight is 215 g/mol. The molecule has 5 heteroatoms. The minimum absolute atomic E-state index is 0.300. The van der Waals surface area contributed by atoms with Crippen LogP contribution < -0.4 is 11.5 Å². The summed E-state index contributed by atoms with van der Waals surface area (Å²) in [6.07, 6.45) is 1.40. The third-order valence-electron chi connectivity index (χ3n) is 2.25. The van der Waals surface area contributed by atoms with E-state index in [0.29, 0.717) is 22.0 Å². The molecule has 0 aliphatic heterocycles. The molecule has 2 aromatic rings. The number of hydrogen-bond acceptors (Lipinski definition) is 3. The molecule has 0 spiro atoms. The third kappa shape index (κ3) is 1.70. The van der Waals surface area contributed by atoms with Gasteiger partial charge >= 0.3 is 0 Å². The third-order valence-corrected chi connectivity index (χ3v) is 2.25. The lowest BCUT2D eigenvalue weighted by atomic mass is 10.1. The predicted molar refractivity (Wildman–Crippen MR) is 58.8 cm³/mol. The molecule has 2 amide bonds. The van der Waals surface area contributed by atoms with E-state index >= 15 is 0 Å². The lowest BCUT2D eigenvalue weighted by Gasteiger charge is -2.01. The number of aromatic nitrogens is 1. The van der Waals surface area contributed by atoms with Gasteiger partial charge in [0, 0.05) is 17.1 Å². The van der Waals surface area contributed by atoms with Gasteiger partial charge in [-0.15, -0.1) is 0 Å². The van der Waals surface area contributed by atoms with Crippen molar-refractivity contribution in [2.75, 3.05) is 0 Å². The summed E-state index contributed by atoms with van der Waals surface area (Å²) in [6.45, 7) is 0. The summed E-state index contributed by atoms with van der Waals surface area (Å²) in [6, 6.07) is 6.41. The Bertz CT molecular complexity index is 544. The van der Waals surface area contributed by atoms with Gasteiger partial charge in [0.1, 0.15) is 0 Å². The molecular formula is C11H9N3O2. The topological polar surface area (TPSA) is 99.1 Å². The maximum Gasteiger partial charge on any atom is 0.250 e. The molecule has 4 N–H and O–H groups in total. The van der Waals surface area contributed by atoms with Crippen molar-refractivity contribution < 1.29 is 9.59 Å². The van der Waals surface area contributed by atoms with E-state index in [2.05, 4.69) is 4.98 Å². The highest BCUT2D eigenvalue weighted by molar-refractivity contribution is 5.99. The van der Waals surface area contributed by atoms with Crippen LogP contribution in [0.1, 0.15) is 20.7 Å². The highest BCUT2D eigenvalue weighted by atomic mass is 16.1. The number of fused-ring (bicyclic) bond motifs is 1. The van der Waals surface area contributed by atoms with Gasteiger partial charge in [0.05, 0.1) is 11.1 Å². The number of carbonyl (C=O) groups excluding carboxylic acids is 2. The second kappa shape index (κ2) is 3.62. The number of nitrogens with zero attached hydrogens (tertiary/aromatic N) is 1. The Balaban J connectivity index is 2.65. The van der Waals surface area contributed by atoms with Crippen LogP contribution in [0.15, 0.2) is 30.5 Å². The lowest BCUT2D eigenvalue weighted by Crippen LogP contribution is -2.12. The monoisotopic (exact) mass is 215 g/mol. The Hall–Kier alpha value is -2.43. The van der Waals surface area contributed by atoms with Gasteiger partial charge in [0.15, 0.2) is 0 Å². The molecule has 0 atom stereocenters. The summed E-state index contributed by atoms with van der Waals surface area (Å²) in [5.74, 6) is -1.08. The number of carbonyl (C=O) groups is 2. The standard InChI is InChI=1S/C11H9N3O2/c12-10(15)6-1-2-9-7(3-6)4-8(5-14-9)11(13)16/h1-5H,(H2,12,15)(H2,13,16). The van der Waals surface area contributed by atoms with E-state index in [0.717, 1.165) is 0 Å². The first kappa shape index (κ1) is 10.1. The fourth-order valence-electron chi connectivity index (χ4n) is 1.42. The fraction of sp³-hybridized carbons (Fsp3) is 0. The zero-order valence-electron chi connectivity index (χ0n) is 8.31. The van der Waals surface area contributed by atoms with Crippen LogP contribution in [0.5, 0.6) is 0 Å². The quantitative estimate of drug-likeness (QED) is 0.759. The van der Waals surface area contributed by atoms with Crippen LogP contribution >= 0.6 is 0 Å². The molecule has 1 aromatic heterocycles. The molecule has 16 heavy (non-hydrogen) atoms. The number of primary amides is 2. The van der Waals surface area contributed by atoms with E-state index in [1.54, 1.807) is 24.3 Å². The second-order valence-corrected chi connectivity index (χ2v) is 3.36. The molecule has 0 unspecified atom stereocenters. The van der Waals surface area contributed by atoms with Crippen molar-refractivity contribution in [2.45, 2.75) is 0 Å². The maximum absolute atomic E-state index is 11.0. The fourth-order valence-corrected chi connectivity index (χ4v) is 1.42. The average Bonchev–Trinajstić information content (AvgIpc) is 2.27. The molecule has 0 aliphatic carbocycles. The van der Waals surface area contributed by atoms with Crippen LogP contribution in [0.25, 0.3) is 10.9 Å². The van der Waals surface area contributed by atoms with E-state index < -0.39 is 11.8 Å². The molecule has 1 aromatic carbocycles. The van der Waals surface area contributed by atoms with E-state index in [9.17, 15) is 9.59 Å². The largest absolute Gasteiger partial charge is 0.366 e. The number of hydrogen-bond donors (Lipinski definition) is 2. The first-order valence-corrected chi connectivity index (χ1v) is 4.57. The smallest absolute Gasteiger partial charge is 0.250 e. The van der Waals surface area contributed by atoms with Gasteiger partial charge in [-0.25, -0.2) is 0 Å². The zero-order valence-corrected chi connectivity index (χ0v) is 8.31. The van der Waals surface area contributed by atoms with E-state index in [4.69, 9.17) is 11.5 Å². The Morgan fingerprint density at radius 2 is 1.62 bits per heavy atom. The summed E-state index contributed by atoms with van der Waals surface area (Å²) < 4.78 is 0. The normalized spacial score (nSPS) is 10.2. The van der Waals surface area contributed by atoms with E-state index in [1.807, 2.05) is 0 Å². The number of pyridine rings is 1. The Kier molecular flexibility index (Phi) is 2.28. The Labute approximate surface area is 91.1 Å². The summed E-state index contributed by atoms with van der Waals surface area (Å²) in [5.41, 5.74) is 11.6. The first-order chi connectivity index (χ1) is 7.58. The van der Waals surface area contributed by atoms with Crippen molar-refractivity contribution in [3.05, 3.63) is 41.6 Å². The van der Waals surface area contributed by atoms with Crippen molar-refractivity contribution in [2.24, 2.45) is 11.5 Å².